The van der Waals surface area contributed by atoms with Gasteiger partial charge in [-0.15, -0.1) is 34.4 Å². The number of thiophene rings is 2. The second-order valence-corrected chi connectivity index (χ2v) is 9.37. The fourth-order valence-corrected chi connectivity index (χ4v) is 6.23. The Morgan fingerprint density at radius 1 is 1.04 bits per heavy atom. The van der Waals surface area contributed by atoms with Crippen LogP contribution < -0.4 is 0 Å². The molecule has 0 radical (unpaired) electrons. The summed E-state index contributed by atoms with van der Waals surface area (Å²) in [5.74, 6) is 0.953. The van der Waals surface area contributed by atoms with E-state index in [2.05, 4.69) is 16.3 Å². The van der Waals surface area contributed by atoms with Gasteiger partial charge in [0.25, 0.3) is 5.91 Å². The van der Waals surface area contributed by atoms with Crippen molar-refractivity contribution < 1.29 is 9.59 Å². The highest BCUT2D eigenvalue weighted by Crippen LogP contribution is 2.40. The zero-order chi connectivity index (χ0) is 17.9. The molecule has 0 saturated carbocycles. The molecule has 1 unspecified atom stereocenters. The van der Waals surface area contributed by atoms with E-state index in [9.17, 15) is 9.59 Å². The first-order chi connectivity index (χ1) is 12.7. The summed E-state index contributed by atoms with van der Waals surface area (Å²) in [6.45, 7) is 4.88. The normalized spacial score (nSPS) is 21.5. The minimum absolute atomic E-state index is 0.142. The molecule has 2 aliphatic heterocycles. The van der Waals surface area contributed by atoms with Crippen molar-refractivity contribution in [2.75, 3.05) is 45.0 Å². The van der Waals surface area contributed by atoms with Crippen molar-refractivity contribution in [1.82, 2.24) is 14.7 Å². The molecule has 2 aromatic heterocycles. The molecule has 0 N–H and O–H groups in total. The van der Waals surface area contributed by atoms with Gasteiger partial charge in [0, 0.05) is 44.1 Å². The monoisotopic (exact) mass is 407 g/mol. The van der Waals surface area contributed by atoms with Crippen LogP contribution in [0.2, 0.25) is 0 Å². The summed E-state index contributed by atoms with van der Waals surface area (Å²) in [4.78, 5) is 33.1. The first-order valence-electron chi connectivity index (χ1n) is 8.72. The van der Waals surface area contributed by atoms with Gasteiger partial charge in [-0.2, -0.15) is 0 Å². The number of rotatable bonds is 5. The SMILES string of the molecule is O=C(c1cccs1)N1CCN(CCN2C(=O)CSC2c2cccs2)CC1. The Bertz CT molecular complexity index is 740. The molecular weight excluding hydrogens is 386 g/mol. The van der Waals surface area contributed by atoms with Crippen LogP contribution in [0.25, 0.3) is 0 Å². The average molecular weight is 408 g/mol. The smallest absolute Gasteiger partial charge is 0.264 e. The minimum Gasteiger partial charge on any atom is -0.335 e. The highest BCUT2D eigenvalue weighted by molar-refractivity contribution is 8.00. The van der Waals surface area contributed by atoms with Gasteiger partial charge >= 0.3 is 0 Å². The van der Waals surface area contributed by atoms with E-state index in [1.165, 1.54) is 16.2 Å². The summed E-state index contributed by atoms with van der Waals surface area (Å²) in [5, 5.41) is 4.18. The summed E-state index contributed by atoms with van der Waals surface area (Å²) in [6.07, 6.45) is 0. The van der Waals surface area contributed by atoms with Gasteiger partial charge in [-0.1, -0.05) is 12.1 Å². The van der Waals surface area contributed by atoms with E-state index in [0.717, 1.165) is 44.1 Å². The summed E-state index contributed by atoms with van der Waals surface area (Å²) in [5.41, 5.74) is 0. The van der Waals surface area contributed by atoms with Crippen LogP contribution in [0.4, 0.5) is 0 Å². The van der Waals surface area contributed by atoms with Crippen molar-refractivity contribution in [2.24, 2.45) is 0 Å². The van der Waals surface area contributed by atoms with Gasteiger partial charge in [0.2, 0.25) is 5.91 Å². The number of hydrogen-bond donors (Lipinski definition) is 0. The molecule has 8 heteroatoms. The third kappa shape index (κ3) is 3.83. The fraction of sp³-hybridized carbons (Fsp3) is 0.444. The van der Waals surface area contributed by atoms with E-state index >= 15 is 0 Å². The third-order valence-electron chi connectivity index (χ3n) is 4.80. The highest BCUT2D eigenvalue weighted by atomic mass is 32.2. The second-order valence-electron chi connectivity index (χ2n) is 6.38. The molecule has 0 aliphatic carbocycles. The fourth-order valence-electron chi connectivity index (χ4n) is 3.34. The molecule has 0 aromatic carbocycles. The number of thioether (sulfide) groups is 1. The molecule has 0 bridgehead atoms. The molecule has 2 aliphatic rings. The molecule has 2 aromatic rings. The summed E-state index contributed by atoms with van der Waals surface area (Å²) < 4.78 is 0. The van der Waals surface area contributed by atoms with Gasteiger partial charge in [-0.25, -0.2) is 0 Å². The predicted octanol–water partition coefficient (Wildman–Crippen LogP) is 2.84. The lowest BCUT2D eigenvalue weighted by atomic mass is 10.3. The first kappa shape index (κ1) is 18.0. The maximum absolute atomic E-state index is 12.4. The Kier molecular flexibility index (Phi) is 5.63. The number of amides is 2. The van der Waals surface area contributed by atoms with Crippen LogP contribution in [0.3, 0.4) is 0 Å². The lowest BCUT2D eigenvalue weighted by molar-refractivity contribution is -0.128. The molecule has 4 rings (SSSR count). The van der Waals surface area contributed by atoms with Crippen LogP contribution in [0.15, 0.2) is 35.0 Å². The van der Waals surface area contributed by atoms with Crippen molar-refractivity contribution in [3.8, 4) is 0 Å². The Hall–Kier alpha value is -1.35. The lowest BCUT2D eigenvalue weighted by Crippen LogP contribution is -2.50. The molecule has 4 heterocycles. The molecular formula is C18H21N3O2S3. The van der Waals surface area contributed by atoms with Crippen molar-refractivity contribution in [3.63, 3.8) is 0 Å². The molecule has 2 fully saturated rings. The van der Waals surface area contributed by atoms with Gasteiger partial charge in [-0.05, 0) is 22.9 Å². The highest BCUT2D eigenvalue weighted by Gasteiger charge is 2.33. The van der Waals surface area contributed by atoms with Crippen LogP contribution in [-0.4, -0.2) is 71.5 Å². The van der Waals surface area contributed by atoms with Crippen molar-refractivity contribution in [1.29, 1.82) is 0 Å². The lowest BCUT2D eigenvalue weighted by Gasteiger charge is -2.35. The van der Waals surface area contributed by atoms with Gasteiger partial charge in [-0.3, -0.25) is 14.5 Å². The van der Waals surface area contributed by atoms with Crippen LogP contribution >= 0.6 is 34.4 Å². The predicted molar refractivity (Wildman–Crippen MR) is 108 cm³/mol. The summed E-state index contributed by atoms with van der Waals surface area (Å²) in [7, 11) is 0. The summed E-state index contributed by atoms with van der Waals surface area (Å²) in [6, 6.07) is 7.97. The van der Waals surface area contributed by atoms with Crippen molar-refractivity contribution in [3.05, 3.63) is 44.8 Å². The number of carbonyl (C=O) groups excluding carboxylic acids is 2. The largest absolute Gasteiger partial charge is 0.335 e. The first-order valence-corrected chi connectivity index (χ1v) is 11.5. The zero-order valence-electron chi connectivity index (χ0n) is 14.4. The molecule has 138 valence electrons. The van der Waals surface area contributed by atoms with E-state index in [1.807, 2.05) is 33.4 Å². The molecule has 2 saturated heterocycles. The van der Waals surface area contributed by atoms with E-state index in [0.29, 0.717) is 5.75 Å². The molecule has 26 heavy (non-hydrogen) atoms. The Morgan fingerprint density at radius 3 is 2.50 bits per heavy atom. The molecule has 1 atom stereocenters. The summed E-state index contributed by atoms with van der Waals surface area (Å²) >= 11 is 4.94. The zero-order valence-corrected chi connectivity index (χ0v) is 16.8. The Labute approximate surface area is 165 Å². The molecule has 5 nitrogen and oxygen atoms in total. The maximum Gasteiger partial charge on any atom is 0.264 e. The van der Waals surface area contributed by atoms with Crippen molar-refractivity contribution >= 4 is 46.2 Å². The van der Waals surface area contributed by atoms with E-state index in [-0.39, 0.29) is 17.2 Å². The number of hydrogen-bond acceptors (Lipinski definition) is 6. The second kappa shape index (κ2) is 8.12. The van der Waals surface area contributed by atoms with Crippen LogP contribution in [-0.2, 0) is 4.79 Å². The Balaban J connectivity index is 1.28. The van der Waals surface area contributed by atoms with E-state index in [1.54, 1.807) is 23.1 Å². The minimum atomic E-state index is 0.142. The number of carbonyl (C=O) groups is 2. The van der Waals surface area contributed by atoms with E-state index in [4.69, 9.17) is 0 Å². The standard InChI is InChI=1S/C18H21N3O2S3/c22-16-13-26-18(15-4-2-12-25-15)21(16)10-7-19-5-8-20(9-6-19)17(23)14-3-1-11-24-14/h1-4,11-12,18H,5-10,13H2. The molecule has 2 amide bonds. The average Bonchev–Trinajstić information content (AvgIpc) is 3.42. The van der Waals surface area contributed by atoms with Crippen molar-refractivity contribution in [2.45, 2.75) is 5.37 Å². The van der Waals surface area contributed by atoms with Gasteiger partial charge in [0.05, 0.1) is 10.6 Å². The number of piperazine rings is 1. The van der Waals surface area contributed by atoms with E-state index < -0.39 is 0 Å². The third-order valence-corrected chi connectivity index (χ3v) is 7.97. The maximum atomic E-state index is 12.4. The van der Waals surface area contributed by atoms with Crippen LogP contribution in [0.1, 0.15) is 19.9 Å². The quantitative estimate of drug-likeness (QED) is 0.765. The topological polar surface area (TPSA) is 43.9 Å². The number of nitrogens with zero attached hydrogens (tertiary/aromatic N) is 3. The van der Waals surface area contributed by atoms with Gasteiger partial charge in [0.15, 0.2) is 0 Å². The van der Waals surface area contributed by atoms with Crippen LogP contribution in [0.5, 0.6) is 0 Å². The van der Waals surface area contributed by atoms with Gasteiger partial charge in [0.1, 0.15) is 5.37 Å². The Morgan fingerprint density at radius 2 is 1.81 bits per heavy atom. The van der Waals surface area contributed by atoms with Gasteiger partial charge < -0.3 is 9.80 Å². The van der Waals surface area contributed by atoms with Crippen LogP contribution in [0, 0.1) is 0 Å². The molecule has 0 spiro atoms.